The molecular formula is C15H13FN4O. The smallest absolute Gasteiger partial charge is 0.146 e. The molecule has 0 aliphatic rings. The first-order valence-electron chi connectivity index (χ1n) is 6.28. The van der Waals surface area contributed by atoms with Crippen LogP contribution in [0, 0.1) is 5.82 Å². The average Bonchev–Trinajstić information content (AvgIpc) is 2.49. The zero-order valence-corrected chi connectivity index (χ0v) is 11.3. The molecule has 2 aromatic carbocycles. The molecule has 1 aromatic heterocycles. The van der Waals surface area contributed by atoms with Crippen LogP contribution in [0.2, 0.25) is 0 Å². The van der Waals surface area contributed by atoms with Gasteiger partial charge >= 0.3 is 0 Å². The summed E-state index contributed by atoms with van der Waals surface area (Å²) in [5, 5.41) is 3.72. The maximum atomic E-state index is 13.9. The van der Waals surface area contributed by atoms with Crippen LogP contribution in [0.5, 0.6) is 5.75 Å². The molecule has 3 N–H and O–H groups in total. The van der Waals surface area contributed by atoms with Gasteiger partial charge in [-0.25, -0.2) is 14.4 Å². The van der Waals surface area contributed by atoms with Gasteiger partial charge in [0.05, 0.1) is 18.3 Å². The van der Waals surface area contributed by atoms with Crippen molar-refractivity contribution < 1.29 is 9.13 Å². The number of halogens is 1. The van der Waals surface area contributed by atoms with Gasteiger partial charge in [-0.05, 0) is 30.3 Å². The highest BCUT2D eigenvalue weighted by Crippen LogP contribution is 2.28. The zero-order valence-electron chi connectivity index (χ0n) is 11.3. The Morgan fingerprint density at radius 2 is 2.00 bits per heavy atom. The molecule has 106 valence electrons. The number of nitrogens with two attached hydrogens (primary N) is 1. The van der Waals surface area contributed by atoms with E-state index in [1.807, 2.05) is 0 Å². The van der Waals surface area contributed by atoms with E-state index in [2.05, 4.69) is 15.3 Å². The van der Waals surface area contributed by atoms with E-state index in [4.69, 9.17) is 10.5 Å². The van der Waals surface area contributed by atoms with E-state index in [-0.39, 0.29) is 5.69 Å². The van der Waals surface area contributed by atoms with Gasteiger partial charge in [0.2, 0.25) is 0 Å². The van der Waals surface area contributed by atoms with Crippen molar-refractivity contribution in [3.05, 3.63) is 48.5 Å². The number of nitrogens with zero attached hydrogens (tertiary/aromatic N) is 2. The maximum absolute atomic E-state index is 13.9. The monoisotopic (exact) mass is 284 g/mol. The van der Waals surface area contributed by atoms with E-state index >= 15 is 0 Å². The minimum absolute atomic E-state index is 0.283. The van der Waals surface area contributed by atoms with Crippen molar-refractivity contribution in [3.63, 3.8) is 0 Å². The Hall–Kier alpha value is -2.89. The van der Waals surface area contributed by atoms with Gasteiger partial charge in [-0.1, -0.05) is 0 Å². The van der Waals surface area contributed by atoms with E-state index in [1.54, 1.807) is 30.3 Å². The largest absolute Gasteiger partial charge is 0.497 e. The minimum Gasteiger partial charge on any atom is -0.497 e. The fraction of sp³-hybridized carbons (Fsp3) is 0.0667. The molecule has 0 fully saturated rings. The molecule has 3 aromatic rings. The van der Waals surface area contributed by atoms with Gasteiger partial charge in [-0.15, -0.1) is 0 Å². The van der Waals surface area contributed by atoms with Crippen LogP contribution in [0.3, 0.4) is 0 Å². The number of nitrogen functional groups attached to an aromatic ring is 1. The number of hydrogen-bond donors (Lipinski definition) is 2. The fourth-order valence-corrected chi connectivity index (χ4v) is 2.03. The first-order chi connectivity index (χ1) is 10.2. The third kappa shape index (κ3) is 2.55. The fourth-order valence-electron chi connectivity index (χ4n) is 2.03. The second kappa shape index (κ2) is 5.24. The van der Waals surface area contributed by atoms with Crippen molar-refractivity contribution in [1.29, 1.82) is 0 Å². The molecule has 3 rings (SSSR count). The first kappa shape index (κ1) is 13.1. The predicted molar refractivity (Wildman–Crippen MR) is 80.2 cm³/mol. The lowest BCUT2D eigenvalue weighted by Crippen LogP contribution is -1.99. The molecule has 1 heterocycles. The van der Waals surface area contributed by atoms with E-state index in [9.17, 15) is 4.39 Å². The van der Waals surface area contributed by atoms with Gasteiger partial charge in [0.1, 0.15) is 23.7 Å². The van der Waals surface area contributed by atoms with Crippen molar-refractivity contribution in [2.24, 2.45) is 0 Å². The summed E-state index contributed by atoms with van der Waals surface area (Å²) < 4.78 is 19.0. The summed E-state index contributed by atoms with van der Waals surface area (Å²) in [7, 11) is 1.53. The Bertz CT molecular complexity index is 807. The lowest BCUT2D eigenvalue weighted by Gasteiger charge is -2.10. The summed E-state index contributed by atoms with van der Waals surface area (Å²) in [4.78, 5) is 8.31. The van der Waals surface area contributed by atoms with Gasteiger partial charge in [0.25, 0.3) is 0 Å². The molecule has 0 unspecified atom stereocenters. The molecule has 0 saturated carbocycles. The number of anilines is 3. The number of rotatable bonds is 3. The predicted octanol–water partition coefficient (Wildman–Crippen LogP) is 3.10. The van der Waals surface area contributed by atoms with Crippen molar-refractivity contribution in [3.8, 4) is 5.75 Å². The Kier molecular flexibility index (Phi) is 3.27. The quantitative estimate of drug-likeness (QED) is 0.723. The number of fused-ring (bicyclic) bond motifs is 1. The van der Waals surface area contributed by atoms with Crippen LogP contribution in [-0.2, 0) is 0 Å². The average molecular weight is 284 g/mol. The van der Waals surface area contributed by atoms with Crippen molar-refractivity contribution in [1.82, 2.24) is 9.97 Å². The molecule has 0 saturated heterocycles. The van der Waals surface area contributed by atoms with Crippen LogP contribution >= 0.6 is 0 Å². The molecule has 0 aliphatic carbocycles. The number of methoxy groups -OCH3 is 1. The van der Waals surface area contributed by atoms with Gasteiger partial charge in [-0.2, -0.15) is 0 Å². The third-order valence-corrected chi connectivity index (χ3v) is 3.09. The SMILES string of the molecule is COc1ccc(F)c(Nc2ncnc3cc(N)ccc23)c1. The Morgan fingerprint density at radius 1 is 1.14 bits per heavy atom. The number of hydrogen-bond acceptors (Lipinski definition) is 5. The first-order valence-corrected chi connectivity index (χ1v) is 6.28. The maximum Gasteiger partial charge on any atom is 0.146 e. The van der Waals surface area contributed by atoms with Gasteiger partial charge < -0.3 is 15.8 Å². The van der Waals surface area contributed by atoms with Gasteiger partial charge in [-0.3, -0.25) is 0 Å². The summed E-state index contributed by atoms with van der Waals surface area (Å²) in [6.07, 6.45) is 1.40. The molecule has 0 bridgehead atoms. The van der Waals surface area contributed by atoms with Crippen molar-refractivity contribution in [2.45, 2.75) is 0 Å². The van der Waals surface area contributed by atoms with Crippen LogP contribution in [0.1, 0.15) is 0 Å². The summed E-state index contributed by atoms with van der Waals surface area (Å²) >= 11 is 0. The van der Waals surface area contributed by atoms with E-state index in [0.717, 1.165) is 5.39 Å². The highest BCUT2D eigenvalue weighted by molar-refractivity contribution is 5.92. The van der Waals surface area contributed by atoms with E-state index in [0.29, 0.717) is 22.8 Å². The van der Waals surface area contributed by atoms with E-state index < -0.39 is 5.82 Å². The molecule has 0 amide bonds. The van der Waals surface area contributed by atoms with Crippen LogP contribution in [0.25, 0.3) is 10.9 Å². The van der Waals surface area contributed by atoms with Crippen molar-refractivity contribution >= 4 is 28.1 Å². The van der Waals surface area contributed by atoms with Crippen LogP contribution in [-0.4, -0.2) is 17.1 Å². The lowest BCUT2D eigenvalue weighted by atomic mass is 10.2. The molecular weight excluding hydrogens is 271 g/mol. The third-order valence-electron chi connectivity index (χ3n) is 3.09. The molecule has 0 spiro atoms. The summed E-state index contributed by atoms with van der Waals surface area (Å²) in [6.45, 7) is 0. The Labute approximate surface area is 120 Å². The van der Waals surface area contributed by atoms with E-state index in [1.165, 1.54) is 19.5 Å². The topological polar surface area (TPSA) is 73.1 Å². The summed E-state index contributed by atoms with van der Waals surface area (Å²) in [5.74, 6) is 0.673. The molecule has 0 radical (unpaired) electrons. The molecule has 6 heteroatoms. The minimum atomic E-state index is -0.391. The molecule has 21 heavy (non-hydrogen) atoms. The normalized spacial score (nSPS) is 10.6. The highest BCUT2D eigenvalue weighted by Gasteiger charge is 2.08. The number of aromatic nitrogens is 2. The van der Waals surface area contributed by atoms with Gasteiger partial charge in [0, 0.05) is 17.1 Å². The standard InChI is InChI=1S/C15H13FN4O/c1-21-10-3-5-12(16)14(7-10)20-15-11-4-2-9(17)6-13(11)18-8-19-15/h2-8H,17H2,1H3,(H,18,19,20). The number of benzene rings is 2. The van der Waals surface area contributed by atoms with Crippen LogP contribution < -0.4 is 15.8 Å². The number of ether oxygens (including phenoxy) is 1. The summed E-state index contributed by atoms with van der Waals surface area (Å²) in [6, 6.07) is 9.75. The lowest BCUT2D eigenvalue weighted by molar-refractivity contribution is 0.414. The Balaban J connectivity index is 2.06. The second-order valence-corrected chi connectivity index (χ2v) is 4.47. The Morgan fingerprint density at radius 3 is 2.81 bits per heavy atom. The second-order valence-electron chi connectivity index (χ2n) is 4.47. The van der Waals surface area contributed by atoms with Crippen LogP contribution in [0.15, 0.2) is 42.7 Å². The van der Waals surface area contributed by atoms with Crippen LogP contribution in [0.4, 0.5) is 21.6 Å². The molecule has 5 nitrogen and oxygen atoms in total. The summed E-state index contributed by atoms with van der Waals surface area (Å²) in [5.41, 5.74) is 7.32. The van der Waals surface area contributed by atoms with Gasteiger partial charge in [0.15, 0.2) is 0 Å². The zero-order chi connectivity index (χ0) is 14.8. The molecule has 0 atom stereocenters. The number of nitrogens with one attached hydrogen (secondary N) is 1. The molecule has 0 aliphatic heterocycles. The highest BCUT2D eigenvalue weighted by atomic mass is 19.1. The van der Waals surface area contributed by atoms with Crippen molar-refractivity contribution in [2.75, 3.05) is 18.2 Å².